The average Bonchev–Trinajstić information content (AvgIpc) is 2.66. The lowest BCUT2D eigenvalue weighted by Crippen LogP contribution is -2.53. The number of carbonyl (C=O) groups is 1. The minimum absolute atomic E-state index is 0. The molecule has 1 amide bonds. The highest BCUT2D eigenvalue weighted by Gasteiger charge is 2.26. The topological polar surface area (TPSA) is 47.6 Å². The number of nitrogens with one attached hydrogen (secondary N) is 2. The van der Waals surface area contributed by atoms with Crippen LogP contribution in [0.25, 0.3) is 0 Å². The van der Waals surface area contributed by atoms with Gasteiger partial charge in [0, 0.05) is 56.4 Å². The van der Waals surface area contributed by atoms with Crippen LogP contribution in [0.4, 0.5) is 5.69 Å². The van der Waals surface area contributed by atoms with E-state index in [4.69, 9.17) is 0 Å². The smallest absolute Gasteiger partial charge is 0.223 e. The monoisotopic (exact) mass is 380 g/mol. The second-order valence-corrected chi connectivity index (χ2v) is 7.53. The summed E-state index contributed by atoms with van der Waals surface area (Å²) in [5.74, 6) is 0.418. The quantitative estimate of drug-likeness (QED) is 0.821. The molecule has 5 nitrogen and oxygen atoms in total. The molecule has 2 fully saturated rings. The zero-order valence-corrected chi connectivity index (χ0v) is 16.8. The van der Waals surface area contributed by atoms with E-state index in [0.717, 1.165) is 52.1 Å². The molecule has 0 spiro atoms. The van der Waals surface area contributed by atoms with Gasteiger partial charge >= 0.3 is 0 Å². The maximum Gasteiger partial charge on any atom is 0.223 e. The average molecular weight is 381 g/mol. The van der Waals surface area contributed by atoms with Crippen molar-refractivity contribution in [3.8, 4) is 0 Å². The summed E-state index contributed by atoms with van der Waals surface area (Å²) in [5, 5.41) is 6.60. The molecule has 2 heterocycles. The minimum atomic E-state index is 0. The van der Waals surface area contributed by atoms with Crippen LogP contribution in [0.1, 0.15) is 26.7 Å². The van der Waals surface area contributed by atoms with Gasteiger partial charge in [-0.1, -0.05) is 18.2 Å². The molecule has 0 aromatic heterocycles. The molecule has 1 aromatic carbocycles. The number of piperidine rings is 1. The molecule has 3 rings (SSSR count). The van der Waals surface area contributed by atoms with Crippen LogP contribution in [0, 0.1) is 5.92 Å². The van der Waals surface area contributed by atoms with Gasteiger partial charge in [0.1, 0.15) is 0 Å². The maximum atomic E-state index is 12.4. The van der Waals surface area contributed by atoms with E-state index in [0.29, 0.717) is 12.1 Å². The number of benzene rings is 1. The number of piperazine rings is 1. The summed E-state index contributed by atoms with van der Waals surface area (Å²) < 4.78 is 0. The Bertz CT molecular complexity index is 548. The van der Waals surface area contributed by atoms with Gasteiger partial charge in [-0.3, -0.25) is 9.69 Å². The predicted molar refractivity (Wildman–Crippen MR) is 110 cm³/mol. The lowest BCUT2D eigenvalue weighted by molar-refractivity contribution is -0.126. The van der Waals surface area contributed by atoms with Gasteiger partial charge in [-0.15, -0.1) is 12.4 Å². The minimum Gasteiger partial charge on any atom is -0.369 e. The second kappa shape index (κ2) is 10.1. The van der Waals surface area contributed by atoms with Gasteiger partial charge in [-0.25, -0.2) is 0 Å². The second-order valence-electron chi connectivity index (χ2n) is 7.53. The fraction of sp³-hybridized carbons (Fsp3) is 0.650. The molecule has 2 aliphatic rings. The molecule has 2 N–H and O–H groups in total. The normalized spacial score (nSPS) is 25.2. The first-order valence-corrected chi connectivity index (χ1v) is 9.68. The standard InChI is InChI=1S/C20H32N4O.ClH/c1-16-14-18(8-9-21-16)20(25)22-15-17(2)23-10-12-24(13-11-23)19-6-4-3-5-7-19;/h3-7,16-18,21H,8-15H2,1-2H3,(H,22,25);1H/t16-,17?,18-;/m0./s1. The highest BCUT2D eigenvalue weighted by molar-refractivity contribution is 5.85. The van der Waals surface area contributed by atoms with Crippen molar-refractivity contribution in [2.24, 2.45) is 5.92 Å². The molecule has 0 bridgehead atoms. The van der Waals surface area contributed by atoms with E-state index >= 15 is 0 Å². The van der Waals surface area contributed by atoms with Gasteiger partial charge in [0.25, 0.3) is 0 Å². The SMILES string of the molecule is CC(CNC(=O)[C@H]1CCN[C@@H](C)C1)N1CCN(c2ccccc2)CC1.Cl. The van der Waals surface area contributed by atoms with Gasteiger partial charge in [-0.05, 0) is 45.4 Å². The first kappa shape index (κ1) is 21.0. The number of para-hydroxylation sites is 1. The Hall–Kier alpha value is -1.30. The van der Waals surface area contributed by atoms with Gasteiger partial charge in [-0.2, -0.15) is 0 Å². The van der Waals surface area contributed by atoms with E-state index in [1.165, 1.54) is 5.69 Å². The Morgan fingerprint density at radius 1 is 1.23 bits per heavy atom. The molecule has 2 saturated heterocycles. The fourth-order valence-corrected chi connectivity index (χ4v) is 3.95. The third-order valence-corrected chi connectivity index (χ3v) is 5.63. The van der Waals surface area contributed by atoms with Gasteiger partial charge in [0.05, 0.1) is 0 Å². The van der Waals surface area contributed by atoms with Gasteiger partial charge in [0.2, 0.25) is 5.91 Å². The number of anilines is 1. The molecule has 6 heteroatoms. The largest absolute Gasteiger partial charge is 0.369 e. The van der Waals surface area contributed by atoms with Crippen LogP contribution < -0.4 is 15.5 Å². The zero-order chi connectivity index (χ0) is 17.6. The van der Waals surface area contributed by atoms with Crippen molar-refractivity contribution in [2.75, 3.05) is 44.2 Å². The van der Waals surface area contributed by atoms with E-state index in [9.17, 15) is 4.79 Å². The van der Waals surface area contributed by atoms with Gasteiger partial charge < -0.3 is 15.5 Å². The summed E-state index contributed by atoms with van der Waals surface area (Å²) in [4.78, 5) is 17.3. The van der Waals surface area contributed by atoms with E-state index in [2.05, 4.69) is 64.6 Å². The van der Waals surface area contributed by atoms with E-state index in [1.807, 2.05) is 0 Å². The number of nitrogens with zero attached hydrogens (tertiary/aromatic N) is 2. The summed E-state index contributed by atoms with van der Waals surface area (Å²) >= 11 is 0. The van der Waals surface area contributed by atoms with Crippen molar-refractivity contribution in [1.82, 2.24) is 15.5 Å². The van der Waals surface area contributed by atoms with Crippen LogP contribution in [0.3, 0.4) is 0 Å². The molecule has 2 aliphatic heterocycles. The molecular weight excluding hydrogens is 348 g/mol. The number of hydrogen-bond donors (Lipinski definition) is 2. The van der Waals surface area contributed by atoms with Crippen LogP contribution in [-0.2, 0) is 4.79 Å². The van der Waals surface area contributed by atoms with Crippen molar-refractivity contribution in [3.05, 3.63) is 30.3 Å². The summed E-state index contributed by atoms with van der Waals surface area (Å²) in [6.07, 6.45) is 1.91. The highest BCUT2D eigenvalue weighted by atomic mass is 35.5. The highest BCUT2D eigenvalue weighted by Crippen LogP contribution is 2.18. The number of amides is 1. The first-order chi connectivity index (χ1) is 12.1. The predicted octanol–water partition coefficient (Wildman–Crippen LogP) is 2.12. The third-order valence-electron chi connectivity index (χ3n) is 5.63. The van der Waals surface area contributed by atoms with Crippen LogP contribution in [-0.4, -0.2) is 62.2 Å². The van der Waals surface area contributed by atoms with Crippen LogP contribution in [0.2, 0.25) is 0 Å². The van der Waals surface area contributed by atoms with Gasteiger partial charge in [0.15, 0.2) is 0 Å². The van der Waals surface area contributed by atoms with Crippen LogP contribution >= 0.6 is 12.4 Å². The van der Waals surface area contributed by atoms with Crippen molar-refractivity contribution in [1.29, 1.82) is 0 Å². The Labute approximate surface area is 163 Å². The maximum absolute atomic E-state index is 12.4. The van der Waals surface area contributed by atoms with E-state index in [-0.39, 0.29) is 24.2 Å². The molecule has 1 unspecified atom stereocenters. The number of halogens is 1. The molecule has 0 radical (unpaired) electrons. The Morgan fingerprint density at radius 3 is 2.58 bits per heavy atom. The number of carbonyl (C=O) groups excluding carboxylic acids is 1. The summed E-state index contributed by atoms with van der Waals surface area (Å²) in [7, 11) is 0. The van der Waals surface area contributed by atoms with Crippen LogP contribution in [0.5, 0.6) is 0 Å². The van der Waals surface area contributed by atoms with E-state index < -0.39 is 0 Å². The molecular formula is C20H33ClN4O. The summed E-state index contributed by atoms with van der Waals surface area (Å²) in [6, 6.07) is 11.5. The van der Waals surface area contributed by atoms with Crippen molar-refractivity contribution in [2.45, 2.75) is 38.8 Å². The molecule has 26 heavy (non-hydrogen) atoms. The lowest BCUT2D eigenvalue weighted by Gasteiger charge is -2.39. The molecule has 0 saturated carbocycles. The Balaban J connectivity index is 0.00000243. The molecule has 146 valence electrons. The summed E-state index contributed by atoms with van der Waals surface area (Å²) in [6.45, 7) is 10.3. The van der Waals surface area contributed by atoms with E-state index in [1.54, 1.807) is 0 Å². The zero-order valence-electron chi connectivity index (χ0n) is 16.0. The van der Waals surface area contributed by atoms with Crippen molar-refractivity contribution >= 4 is 24.0 Å². The fourth-order valence-electron chi connectivity index (χ4n) is 3.95. The first-order valence-electron chi connectivity index (χ1n) is 9.68. The third kappa shape index (κ3) is 5.60. The number of rotatable bonds is 5. The number of hydrogen-bond acceptors (Lipinski definition) is 4. The van der Waals surface area contributed by atoms with Crippen molar-refractivity contribution in [3.63, 3.8) is 0 Å². The Kier molecular flexibility index (Phi) is 8.19. The molecule has 1 aromatic rings. The Morgan fingerprint density at radius 2 is 1.92 bits per heavy atom. The summed E-state index contributed by atoms with van der Waals surface area (Å²) in [5.41, 5.74) is 1.31. The molecule has 0 aliphatic carbocycles. The lowest BCUT2D eigenvalue weighted by atomic mass is 9.92. The van der Waals surface area contributed by atoms with Crippen molar-refractivity contribution < 1.29 is 4.79 Å². The molecule has 3 atom stereocenters. The van der Waals surface area contributed by atoms with Crippen LogP contribution in [0.15, 0.2) is 30.3 Å².